The molecule has 0 spiro atoms. The fraction of sp³-hybridized carbons (Fsp3) is 0. The summed E-state index contributed by atoms with van der Waals surface area (Å²) in [4.78, 5) is 20.3. The van der Waals surface area contributed by atoms with Crippen LogP contribution in [0.2, 0.25) is 0 Å². The van der Waals surface area contributed by atoms with E-state index in [9.17, 15) is 0 Å². The summed E-state index contributed by atoms with van der Waals surface area (Å²) in [6, 6.07) is 53.4. The molecule has 0 aliphatic heterocycles. The monoisotopic (exact) mass is 719 g/mol. The standard InChI is InChI=1S/C44H26BrN5O/c45-31-21-22-32-30(26-31)20-24-35-39(32)50(44(46-35)29-16-8-3-9-17-29)36-25-23-34(40-38(36)33-18-10-11-19-37(33)51-40)43-48-41(27-12-4-1-5-13-27)47-42(49-43)28-14-6-2-7-15-28/h1-26H. The second-order valence-electron chi connectivity index (χ2n) is 12.4. The maximum atomic E-state index is 6.79. The van der Waals surface area contributed by atoms with Gasteiger partial charge in [-0.2, -0.15) is 0 Å². The van der Waals surface area contributed by atoms with Gasteiger partial charge in [-0.05, 0) is 41.8 Å². The van der Waals surface area contributed by atoms with Gasteiger partial charge in [-0.1, -0.05) is 137 Å². The van der Waals surface area contributed by atoms with Crippen molar-refractivity contribution in [1.82, 2.24) is 24.5 Å². The van der Waals surface area contributed by atoms with Gasteiger partial charge in [0.2, 0.25) is 0 Å². The fourth-order valence-electron chi connectivity index (χ4n) is 6.99. The molecule has 0 bridgehead atoms. The fourth-order valence-corrected chi connectivity index (χ4v) is 7.36. The quantitative estimate of drug-likeness (QED) is 0.177. The first-order valence-corrected chi connectivity index (χ1v) is 17.5. The summed E-state index contributed by atoms with van der Waals surface area (Å²) in [7, 11) is 0. The average molecular weight is 721 g/mol. The van der Waals surface area contributed by atoms with Crippen molar-refractivity contribution in [2.24, 2.45) is 0 Å². The number of para-hydroxylation sites is 1. The highest BCUT2D eigenvalue weighted by molar-refractivity contribution is 9.10. The molecule has 3 aromatic heterocycles. The van der Waals surface area contributed by atoms with E-state index < -0.39 is 0 Å². The zero-order chi connectivity index (χ0) is 33.9. The van der Waals surface area contributed by atoms with Crippen molar-refractivity contribution in [2.75, 3.05) is 0 Å². The van der Waals surface area contributed by atoms with Crippen LogP contribution in [-0.2, 0) is 0 Å². The van der Waals surface area contributed by atoms with Gasteiger partial charge in [-0.15, -0.1) is 0 Å². The van der Waals surface area contributed by atoms with Crippen molar-refractivity contribution < 1.29 is 4.42 Å². The Kier molecular flexibility index (Phi) is 6.85. The van der Waals surface area contributed by atoms with Crippen LogP contribution in [0.25, 0.3) is 95.0 Å². The number of benzene rings is 7. The van der Waals surface area contributed by atoms with Gasteiger partial charge in [-0.3, -0.25) is 4.57 Å². The number of imidazole rings is 1. The number of furan rings is 1. The van der Waals surface area contributed by atoms with Crippen LogP contribution in [0.15, 0.2) is 167 Å². The molecule has 7 aromatic carbocycles. The van der Waals surface area contributed by atoms with Gasteiger partial charge in [0.25, 0.3) is 0 Å². The molecule has 10 rings (SSSR count). The number of rotatable bonds is 5. The van der Waals surface area contributed by atoms with Crippen LogP contribution in [0, 0.1) is 0 Å². The summed E-state index contributed by atoms with van der Waals surface area (Å²) < 4.78 is 10.1. The lowest BCUT2D eigenvalue weighted by atomic mass is 10.0. The van der Waals surface area contributed by atoms with Crippen LogP contribution in [0.1, 0.15) is 0 Å². The predicted octanol–water partition coefficient (Wildman–Crippen LogP) is 11.7. The number of halogens is 1. The molecule has 10 aromatic rings. The zero-order valence-corrected chi connectivity index (χ0v) is 28.6. The highest BCUT2D eigenvalue weighted by atomic mass is 79.9. The van der Waals surface area contributed by atoms with E-state index in [1.54, 1.807) is 0 Å². The van der Waals surface area contributed by atoms with E-state index in [0.29, 0.717) is 23.1 Å². The maximum Gasteiger partial charge on any atom is 0.167 e. The van der Waals surface area contributed by atoms with Crippen molar-refractivity contribution in [2.45, 2.75) is 0 Å². The van der Waals surface area contributed by atoms with Crippen LogP contribution >= 0.6 is 15.9 Å². The lowest BCUT2D eigenvalue weighted by Gasteiger charge is -2.14. The van der Waals surface area contributed by atoms with Crippen molar-refractivity contribution in [3.63, 3.8) is 0 Å². The summed E-state index contributed by atoms with van der Waals surface area (Å²) in [5.41, 5.74) is 7.97. The largest absolute Gasteiger partial charge is 0.455 e. The van der Waals surface area contributed by atoms with Gasteiger partial charge in [0.1, 0.15) is 17.0 Å². The molecule has 0 saturated carbocycles. The van der Waals surface area contributed by atoms with Crippen molar-refractivity contribution in [3.8, 4) is 51.2 Å². The highest BCUT2D eigenvalue weighted by Crippen LogP contribution is 2.43. The second-order valence-corrected chi connectivity index (χ2v) is 13.3. The Morgan fingerprint density at radius 2 is 1.14 bits per heavy atom. The van der Waals surface area contributed by atoms with Gasteiger partial charge in [-0.25, -0.2) is 19.9 Å². The Labute approximate surface area is 300 Å². The summed E-state index contributed by atoms with van der Waals surface area (Å²) in [6.07, 6.45) is 0. The molecule has 0 N–H and O–H groups in total. The summed E-state index contributed by atoms with van der Waals surface area (Å²) >= 11 is 3.68. The minimum absolute atomic E-state index is 0.535. The molecule has 0 saturated heterocycles. The SMILES string of the molecule is Brc1ccc2c(ccc3nc(-c4ccccc4)n(-c4ccc(-c5nc(-c6ccccc6)nc(-c6ccccc6)n5)c5oc6ccccc6c45)c32)c1. The van der Waals surface area contributed by atoms with Gasteiger partial charge in [0, 0.05) is 31.9 Å². The predicted molar refractivity (Wildman–Crippen MR) is 209 cm³/mol. The van der Waals surface area contributed by atoms with E-state index in [2.05, 4.69) is 99.4 Å². The van der Waals surface area contributed by atoms with Crippen molar-refractivity contribution in [1.29, 1.82) is 0 Å². The lowest BCUT2D eigenvalue weighted by Crippen LogP contribution is -2.02. The summed E-state index contributed by atoms with van der Waals surface area (Å²) in [5.74, 6) is 2.57. The minimum atomic E-state index is 0.535. The van der Waals surface area contributed by atoms with Crippen LogP contribution in [0.4, 0.5) is 0 Å². The third-order valence-corrected chi connectivity index (χ3v) is 9.80. The molecule has 0 aliphatic rings. The third kappa shape index (κ3) is 4.93. The van der Waals surface area contributed by atoms with Gasteiger partial charge in [0.05, 0.1) is 27.7 Å². The van der Waals surface area contributed by atoms with Crippen LogP contribution < -0.4 is 0 Å². The van der Waals surface area contributed by atoms with E-state index in [-0.39, 0.29) is 0 Å². The zero-order valence-electron chi connectivity index (χ0n) is 27.0. The molecule has 6 nitrogen and oxygen atoms in total. The van der Waals surface area contributed by atoms with Gasteiger partial charge in [0.15, 0.2) is 17.5 Å². The first-order chi connectivity index (χ1) is 25.2. The van der Waals surface area contributed by atoms with E-state index in [1.807, 2.05) is 78.9 Å². The molecule has 240 valence electrons. The normalized spacial score (nSPS) is 11.6. The molecule has 51 heavy (non-hydrogen) atoms. The molecule has 0 atom stereocenters. The van der Waals surface area contributed by atoms with E-state index in [0.717, 1.165) is 76.4 Å². The van der Waals surface area contributed by atoms with Crippen LogP contribution in [0.3, 0.4) is 0 Å². The Balaban J connectivity index is 1.31. The van der Waals surface area contributed by atoms with Crippen LogP contribution in [0.5, 0.6) is 0 Å². The van der Waals surface area contributed by atoms with E-state index in [4.69, 9.17) is 24.4 Å². The van der Waals surface area contributed by atoms with Gasteiger partial charge < -0.3 is 4.42 Å². The molecule has 7 heteroatoms. The maximum absolute atomic E-state index is 6.79. The third-order valence-electron chi connectivity index (χ3n) is 9.31. The Bertz CT molecular complexity index is 2860. The smallest absolute Gasteiger partial charge is 0.167 e. The van der Waals surface area contributed by atoms with Crippen molar-refractivity contribution in [3.05, 3.63) is 162 Å². The topological polar surface area (TPSA) is 69.6 Å². The molecule has 0 aliphatic carbocycles. The number of hydrogen-bond donors (Lipinski definition) is 0. The Morgan fingerprint density at radius 1 is 0.510 bits per heavy atom. The number of nitrogens with zero attached hydrogens (tertiary/aromatic N) is 5. The minimum Gasteiger partial charge on any atom is -0.455 e. The summed E-state index contributed by atoms with van der Waals surface area (Å²) in [6.45, 7) is 0. The Morgan fingerprint density at radius 3 is 1.84 bits per heavy atom. The molecule has 0 amide bonds. The average Bonchev–Trinajstić information content (AvgIpc) is 3.78. The molecule has 0 radical (unpaired) electrons. The molecular weight excluding hydrogens is 694 g/mol. The molecular formula is C44H26BrN5O. The molecule has 3 heterocycles. The number of fused-ring (bicyclic) bond motifs is 6. The summed E-state index contributed by atoms with van der Waals surface area (Å²) in [5, 5.41) is 4.17. The first-order valence-electron chi connectivity index (χ1n) is 16.7. The van der Waals surface area contributed by atoms with Gasteiger partial charge >= 0.3 is 0 Å². The number of hydrogen-bond acceptors (Lipinski definition) is 5. The van der Waals surface area contributed by atoms with Crippen molar-refractivity contribution >= 4 is 59.7 Å². The first kappa shape index (κ1) is 29.5. The lowest BCUT2D eigenvalue weighted by molar-refractivity contribution is 0.669. The Hall–Kier alpha value is -6.44. The van der Waals surface area contributed by atoms with E-state index in [1.165, 1.54) is 0 Å². The molecule has 0 unspecified atom stereocenters. The highest BCUT2D eigenvalue weighted by Gasteiger charge is 2.24. The van der Waals surface area contributed by atoms with E-state index >= 15 is 0 Å². The number of aromatic nitrogens is 5. The second kappa shape index (κ2) is 11.9. The molecule has 0 fully saturated rings. The van der Waals surface area contributed by atoms with Crippen LogP contribution in [-0.4, -0.2) is 24.5 Å².